The third-order valence-electron chi connectivity index (χ3n) is 1.62. The number of esters is 1. The number of aliphatic hydroxyl groups is 1. The van der Waals surface area contributed by atoms with E-state index in [1.54, 1.807) is 0 Å². The average Bonchev–Trinajstić information content (AvgIpc) is 2.13. The van der Waals surface area contributed by atoms with Crippen LogP contribution in [0, 0.1) is 0 Å². The van der Waals surface area contributed by atoms with Crippen molar-refractivity contribution < 1.29 is 32.2 Å². The van der Waals surface area contributed by atoms with Crippen molar-refractivity contribution in [3.05, 3.63) is 12.7 Å². The highest BCUT2D eigenvalue weighted by molar-refractivity contribution is 5.81. The maximum Gasteiger partial charge on any atom is 0.436 e. The summed E-state index contributed by atoms with van der Waals surface area (Å²) in [4.78, 5) is 10.8. The van der Waals surface area contributed by atoms with Gasteiger partial charge in [0.05, 0.1) is 6.61 Å². The molecule has 0 heterocycles. The first kappa shape index (κ1) is 13.9. The Morgan fingerprint density at radius 3 is 2.27 bits per heavy atom. The number of halogens is 4. The van der Waals surface area contributed by atoms with Crippen molar-refractivity contribution in [1.29, 1.82) is 0 Å². The Morgan fingerprint density at radius 2 is 2.00 bits per heavy atom. The highest BCUT2D eigenvalue weighted by atomic mass is 19.4. The third kappa shape index (κ3) is 2.47. The molecular weight excluding hydrogens is 220 g/mol. The molecule has 0 rings (SSSR count). The summed E-state index contributed by atoms with van der Waals surface area (Å²) in [7, 11) is 0. The van der Waals surface area contributed by atoms with Gasteiger partial charge < -0.3 is 9.84 Å². The maximum absolute atomic E-state index is 13.4. The molecule has 0 spiro atoms. The summed E-state index contributed by atoms with van der Waals surface area (Å²) in [5, 5.41) is 8.80. The van der Waals surface area contributed by atoms with Crippen LogP contribution in [0.2, 0.25) is 0 Å². The first-order chi connectivity index (χ1) is 6.71. The first-order valence-electron chi connectivity index (χ1n) is 3.95. The van der Waals surface area contributed by atoms with E-state index in [1.807, 2.05) is 0 Å². The molecule has 0 unspecified atom stereocenters. The van der Waals surface area contributed by atoms with Gasteiger partial charge in [-0.05, 0) is 6.92 Å². The van der Waals surface area contributed by atoms with Crippen molar-refractivity contribution in [2.45, 2.75) is 24.9 Å². The van der Waals surface area contributed by atoms with Gasteiger partial charge in [0.1, 0.15) is 6.10 Å². The van der Waals surface area contributed by atoms with Crippen LogP contribution in [0.4, 0.5) is 17.6 Å². The van der Waals surface area contributed by atoms with Gasteiger partial charge in [-0.3, -0.25) is 0 Å². The van der Waals surface area contributed by atoms with E-state index in [0.717, 1.165) is 0 Å². The number of hydrogen-bond acceptors (Lipinski definition) is 3. The van der Waals surface area contributed by atoms with Gasteiger partial charge in [0.25, 0.3) is 0 Å². The molecule has 15 heavy (non-hydrogen) atoms. The fourth-order valence-electron chi connectivity index (χ4n) is 0.803. The van der Waals surface area contributed by atoms with Crippen molar-refractivity contribution in [2.24, 2.45) is 0 Å². The molecule has 88 valence electrons. The van der Waals surface area contributed by atoms with Gasteiger partial charge in [-0.1, -0.05) is 6.08 Å². The smallest absolute Gasteiger partial charge is 0.436 e. The Kier molecular flexibility index (Phi) is 4.27. The maximum atomic E-state index is 13.4. The second-order valence-electron chi connectivity index (χ2n) is 2.61. The molecule has 0 aromatic carbocycles. The van der Waals surface area contributed by atoms with Crippen LogP contribution in [0.1, 0.15) is 6.92 Å². The van der Waals surface area contributed by atoms with E-state index < -0.39 is 30.5 Å². The summed E-state index contributed by atoms with van der Waals surface area (Å²) in [6.07, 6.45) is -7.98. The van der Waals surface area contributed by atoms with E-state index >= 15 is 0 Å². The van der Waals surface area contributed by atoms with Gasteiger partial charge in [-0.2, -0.15) is 13.2 Å². The summed E-state index contributed by atoms with van der Waals surface area (Å²) < 4.78 is 54.0. The minimum Gasteiger partial charge on any atom is -0.463 e. The minimum atomic E-state index is -5.56. The quantitative estimate of drug-likeness (QED) is 0.450. The van der Waals surface area contributed by atoms with Crippen LogP contribution in [0.3, 0.4) is 0 Å². The van der Waals surface area contributed by atoms with Crippen LogP contribution < -0.4 is 0 Å². The van der Waals surface area contributed by atoms with Gasteiger partial charge in [0.2, 0.25) is 0 Å². The van der Waals surface area contributed by atoms with Crippen LogP contribution in [-0.4, -0.2) is 35.6 Å². The molecule has 0 radical (unpaired) electrons. The Labute approximate surface area is 83.3 Å². The number of rotatable bonds is 4. The number of ether oxygens (including phenoxy) is 1. The zero-order valence-corrected chi connectivity index (χ0v) is 7.84. The summed E-state index contributed by atoms with van der Waals surface area (Å²) in [6.45, 7) is 3.58. The van der Waals surface area contributed by atoms with Crippen LogP contribution >= 0.6 is 0 Å². The molecule has 0 fully saturated rings. The zero-order chi connectivity index (χ0) is 12.3. The van der Waals surface area contributed by atoms with Crippen LogP contribution in [0.15, 0.2) is 12.7 Å². The van der Waals surface area contributed by atoms with E-state index in [0.29, 0.717) is 0 Å². The number of carbonyl (C=O) groups is 1. The van der Waals surface area contributed by atoms with Gasteiger partial charge >= 0.3 is 17.8 Å². The van der Waals surface area contributed by atoms with Gasteiger partial charge in [-0.15, -0.1) is 6.58 Å². The molecule has 2 atom stereocenters. The fourth-order valence-corrected chi connectivity index (χ4v) is 0.803. The molecule has 0 aliphatic rings. The molecule has 0 aromatic rings. The van der Waals surface area contributed by atoms with E-state index in [9.17, 15) is 22.4 Å². The number of aliphatic hydroxyl groups excluding tert-OH is 1. The van der Waals surface area contributed by atoms with Crippen molar-refractivity contribution in [2.75, 3.05) is 6.61 Å². The molecule has 0 amide bonds. The molecule has 0 aliphatic heterocycles. The van der Waals surface area contributed by atoms with Crippen molar-refractivity contribution in [3.8, 4) is 0 Å². The van der Waals surface area contributed by atoms with Gasteiger partial charge in [0, 0.05) is 0 Å². The standard InChI is InChI=1S/C8H10F4O3/c1-3-5(13)7(9,8(10,11)12)6(14)15-4-2/h3,5,13H,1,4H2,2H3/t5-,7-/m1/s1. The average molecular weight is 230 g/mol. The lowest BCUT2D eigenvalue weighted by Gasteiger charge is -2.28. The summed E-state index contributed by atoms with van der Waals surface area (Å²) in [5.41, 5.74) is -4.47. The molecular formula is C8H10F4O3. The van der Waals surface area contributed by atoms with Gasteiger partial charge in [0.15, 0.2) is 0 Å². The van der Waals surface area contributed by atoms with E-state index in [4.69, 9.17) is 5.11 Å². The second kappa shape index (κ2) is 4.61. The monoisotopic (exact) mass is 230 g/mol. The van der Waals surface area contributed by atoms with Crippen LogP contribution in [-0.2, 0) is 9.53 Å². The predicted octanol–water partition coefficient (Wildman–Crippen LogP) is 1.37. The Hall–Kier alpha value is -1.11. The second-order valence-corrected chi connectivity index (χ2v) is 2.61. The summed E-state index contributed by atoms with van der Waals surface area (Å²) >= 11 is 0. The lowest BCUT2D eigenvalue weighted by Crippen LogP contribution is -2.56. The zero-order valence-electron chi connectivity index (χ0n) is 7.84. The first-order valence-corrected chi connectivity index (χ1v) is 3.95. The predicted molar refractivity (Wildman–Crippen MR) is 42.7 cm³/mol. The Balaban J connectivity index is 5.21. The number of carbonyl (C=O) groups excluding carboxylic acids is 1. The Morgan fingerprint density at radius 1 is 1.53 bits per heavy atom. The van der Waals surface area contributed by atoms with Crippen molar-refractivity contribution in [1.82, 2.24) is 0 Å². The number of hydrogen-bond donors (Lipinski definition) is 1. The molecule has 0 aromatic heterocycles. The molecule has 0 saturated carbocycles. The molecule has 3 nitrogen and oxygen atoms in total. The summed E-state index contributed by atoms with van der Waals surface area (Å²) in [5.74, 6) is -2.18. The topological polar surface area (TPSA) is 46.5 Å². The number of alkyl halides is 4. The van der Waals surface area contributed by atoms with Crippen LogP contribution in [0.25, 0.3) is 0 Å². The molecule has 7 heteroatoms. The lowest BCUT2D eigenvalue weighted by atomic mass is 9.98. The fraction of sp³-hybridized carbons (Fsp3) is 0.625. The third-order valence-corrected chi connectivity index (χ3v) is 1.62. The van der Waals surface area contributed by atoms with Gasteiger partial charge in [-0.25, -0.2) is 9.18 Å². The lowest BCUT2D eigenvalue weighted by molar-refractivity contribution is -0.256. The van der Waals surface area contributed by atoms with E-state index in [1.165, 1.54) is 6.92 Å². The highest BCUT2D eigenvalue weighted by Crippen LogP contribution is 2.38. The molecule has 0 saturated heterocycles. The molecule has 1 N–H and O–H groups in total. The van der Waals surface area contributed by atoms with E-state index in [2.05, 4.69) is 11.3 Å². The molecule has 0 aliphatic carbocycles. The largest absolute Gasteiger partial charge is 0.463 e. The highest BCUT2D eigenvalue weighted by Gasteiger charge is 2.67. The SMILES string of the molecule is C=C[C@@H](O)[C@@](F)(C(=O)OCC)C(F)(F)F. The minimum absolute atomic E-state index is 0.282. The Bertz CT molecular complexity index is 251. The van der Waals surface area contributed by atoms with Crippen molar-refractivity contribution in [3.63, 3.8) is 0 Å². The van der Waals surface area contributed by atoms with Crippen molar-refractivity contribution >= 4 is 5.97 Å². The van der Waals surface area contributed by atoms with Crippen LogP contribution in [0.5, 0.6) is 0 Å². The molecule has 0 bridgehead atoms. The normalized spacial score (nSPS) is 17.7. The summed E-state index contributed by atoms with van der Waals surface area (Å²) in [6, 6.07) is 0. The van der Waals surface area contributed by atoms with E-state index in [-0.39, 0.29) is 6.08 Å².